The number of hydrogen-bond acceptors (Lipinski definition) is 2. The van der Waals surface area contributed by atoms with E-state index in [0.717, 1.165) is 26.1 Å². The minimum absolute atomic E-state index is 0.142. The summed E-state index contributed by atoms with van der Waals surface area (Å²) < 4.78 is 0. The predicted octanol–water partition coefficient (Wildman–Crippen LogP) is -1.59. The Bertz CT molecular complexity index is 186. The van der Waals surface area contributed by atoms with Crippen LogP contribution in [0.5, 0.6) is 0 Å². The predicted molar refractivity (Wildman–Crippen MR) is 53.2 cm³/mol. The van der Waals surface area contributed by atoms with Gasteiger partial charge in [0.15, 0.2) is 5.78 Å². The summed E-state index contributed by atoms with van der Waals surface area (Å²) in [6.07, 6.45) is 0.856. The van der Waals surface area contributed by atoms with Gasteiger partial charge in [-0.3, -0.25) is 4.79 Å². The van der Waals surface area contributed by atoms with Crippen LogP contribution in [0.25, 0.3) is 0 Å². The van der Waals surface area contributed by atoms with E-state index >= 15 is 0 Å². The number of ketones is 1. The van der Waals surface area contributed by atoms with E-state index in [-0.39, 0.29) is 17.6 Å². The number of quaternary nitrogens is 1. The van der Waals surface area contributed by atoms with Gasteiger partial charge in [-0.2, -0.15) is 0 Å². The quantitative estimate of drug-likeness (QED) is 0.512. The van der Waals surface area contributed by atoms with Gasteiger partial charge in [0.1, 0.15) is 6.04 Å². The lowest BCUT2D eigenvalue weighted by molar-refractivity contribution is -0.901. The van der Waals surface area contributed by atoms with E-state index in [9.17, 15) is 4.79 Å². The van der Waals surface area contributed by atoms with Crippen molar-refractivity contribution in [2.24, 2.45) is 0 Å². The second kappa shape index (κ2) is 4.77. The molecule has 0 aromatic heterocycles. The molecule has 0 amide bonds. The summed E-state index contributed by atoms with van der Waals surface area (Å²) >= 11 is 0. The molecule has 0 saturated carbocycles. The molecule has 0 aromatic carbocycles. The third-order valence-corrected chi connectivity index (χ3v) is 2.74. The van der Waals surface area contributed by atoms with Crippen molar-refractivity contribution in [2.45, 2.75) is 25.2 Å². The minimum Gasteiger partial charge on any atom is -0.326 e. The zero-order valence-corrected chi connectivity index (χ0v) is 8.47. The van der Waals surface area contributed by atoms with Crippen LogP contribution in [0.4, 0.5) is 0 Å². The molecule has 1 aliphatic heterocycles. The molecule has 1 heterocycles. The van der Waals surface area contributed by atoms with E-state index in [0.29, 0.717) is 0 Å². The molecule has 1 rings (SSSR count). The second-order valence-electron chi connectivity index (χ2n) is 3.87. The van der Waals surface area contributed by atoms with Crippen molar-refractivity contribution in [3.63, 3.8) is 0 Å². The standard InChI is InChI=1S/C9H17BN2O/c1-7(13)9-5-8(10)6-12(9)4-3-11-2/h8-9,11H,3-6H2,1-2H3/p+1/t8-,9?/m1/s1. The first kappa shape index (κ1) is 10.7. The van der Waals surface area contributed by atoms with Crippen LogP contribution in [-0.4, -0.2) is 46.4 Å². The molecule has 0 bridgehead atoms. The number of likely N-dealkylation sites (N-methyl/N-ethyl adjacent to an activating group) is 1. The Morgan fingerprint density at radius 2 is 2.38 bits per heavy atom. The second-order valence-corrected chi connectivity index (χ2v) is 3.87. The molecule has 1 saturated heterocycles. The average molecular weight is 181 g/mol. The molecule has 4 heteroatoms. The summed E-state index contributed by atoms with van der Waals surface area (Å²) in [6, 6.07) is 0.142. The van der Waals surface area contributed by atoms with Crippen LogP contribution in [0, 0.1) is 0 Å². The van der Waals surface area contributed by atoms with Gasteiger partial charge < -0.3 is 10.2 Å². The van der Waals surface area contributed by atoms with Crippen molar-refractivity contribution >= 4 is 13.6 Å². The third kappa shape index (κ3) is 2.81. The lowest BCUT2D eigenvalue weighted by Crippen LogP contribution is -3.15. The van der Waals surface area contributed by atoms with E-state index < -0.39 is 0 Å². The number of carbonyl (C=O) groups excluding carboxylic acids is 1. The first-order valence-corrected chi connectivity index (χ1v) is 4.90. The first-order valence-electron chi connectivity index (χ1n) is 4.90. The fourth-order valence-corrected chi connectivity index (χ4v) is 2.05. The van der Waals surface area contributed by atoms with Crippen molar-refractivity contribution < 1.29 is 9.69 Å². The Kier molecular flexibility index (Phi) is 3.94. The largest absolute Gasteiger partial charge is 0.326 e. The molecule has 3 atom stereocenters. The van der Waals surface area contributed by atoms with Gasteiger partial charge in [0.05, 0.1) is 20.9 Å². The summed E-state index contributed by atoms with van der Waals surface area (Å²) in [5.74, 6) is 0.486. The molecular weight excluding hydrogens is 163 g/mol. The van der Waals surface area contributed by atoms with Gasteiger partial charge in [-0.15, -0.1) is 0 Å². The minimum atomic E-state index is 0.142. The number of carbonyl (C=O) groups is 1. The van der Waals surface area contributed by atoms with Crippen LogP contribution in [0.1, 0.15) is 13.3 Å². The molecule has 3 nitrogen and oxygen atoms in total. The molecule has 72 valence electrons. The van der Waals surface area contributed by atoms with Crippen LogP contribution < -0.4 is 10.2 Å². The maximum atomic E-state index is 11.3. The fraction of sp³-hybridized carbons (Fsp3) is 0.889. The van der Waals surface area contributed by atoms with Crippen LogP contribution in [0.2, 0.25) is 5.82 Å². The summed E-state index contributed by atoms with van der Waals surface area (Å²) in [6.45, 7) is 4.55. The van der Waals surface area contributed by atoms with Crippen molar-refractivity contribution in [3.05, 3.63) is 0 Å². The smallest absolute Gasteiger partial charge is 0.186 e. The molecular formula is C9H18BN2O+. The molecule has 0 spiro atoms. The van der Waals surface area contributed by atoms with Gasteiger partial charge in [-0.25, -0.2) is 0 Å². The summed E-state index contributed by atoms with van der Waals surface area (Å²) in [5.41, 5.74) is 0. The highest BCUT2D eigenvalue weighted by Crippen LogP contribution is 2.11. The Morgan fingerprint density at radius 1 is 1.69 bits per heavy atom. The third-order valence-electron chi connectivity index (χ3n) is 2.74. The molecule has 1 aliphatic rings. The Balaban J connectivity index is 2.45. The van der Waals surface area contributed by atoms with E-state index in [1.54, 1.807) is 6.92 Å². The van der Waals surface area contributed by atoms with Gasteiger partial charge in [-0.05, 0) is 12.9 Å². The van der Waals surface area contributed by atoms with E-state index in [1.165, 1.54) is 4.90 Å². The lowest BCUT2D eigenvalue weighted by atomic mass is 9.85. The highest BCUT2D eigenvalue weighted by molar-refractivity contribution is 6.12. The zero-order chi connectivity index (χ0) is 9.84. The van der Waals surface area contributed by atoms with Gasteiger partial charge in [0.25, 0.3) is 0 Å². The molecule has 2 N–H and O–H groups in total. The van der Waals surface area contributed by atoms with E-state index in [1.807, 2.05) is 7.05 Å². The van der Waals surface area contributed by atoms with Gasteiger partial charge in [0.2, 0.25) is 0 Å². The average Bonchev–Trinajstić information content (AvgIpc) is 2.43. The summed E-state index contributed by atoms with van der Waals surface area (Å²) in [7, 11) is 7.76. The highest BCUT2D eigenvalue weighted by atomic mass is 16.1. The van der Waals surface area contributed by atoms with Gasteiger partial charge in [-0.1, -0.05) is 0 Å². The topological polar surface area (TPSA) is 33.5 Å². The normalized spacial score (nSPS) is 33.5. The van der Waals surface area contributed by atoms with Crippen molar-refractivity contribution in [2.75, 3.05) is 26.7 Å². The van der Waals surface area contributed by atoms with Crippen LogP contribution >= 0.6 is 0 Å². The van der Waals surface area contributed by atoms with Crippen molar-refractivity contribution in [1.29, 1.82) is 0 Å². The highest BCUT2D eigenvalue weighted by Gasteiger charge is 2.35. The van der Waals surface area contributed by atoms with Gasteiger partial charge in [0, 0.05) is 19.9 Å². The molecule has 2 radical (unpaired) electrons. The van der Waals surface area contributed by atoms with Crippen molar-refractivity contribution in [1.82, 2.24) is 5.32 Å². The zero-order valence-electron chi connectivity index (χ0n) is 8.47. The first-order chi connectivity index (χ1) is 6.15. The fourth-order valence-electron chi connectivity index (χ4n) is 2.05. The number of nitrogens with one attached hydrogen (secondary N) is 2. The van der Waals surface area contributed by atoms with E-state index in [2.05, 4.69) is 5.32 Å². The molecule has 2 unspecified atom stereocenters. The molecule has 13 heavy (non-hydrogen) atoms. The maximum Gasteiger partial charge on any atom is 0.186 e. The van der Waals surface area contributed by atoms with E-state index in [4.69, 9.17) is 7.85 Å². The number of hydrogen-bond donors (Lipinski definition) is 2. The molecule has 1 fully saturated rings. The number of likely N-dealkylation sites (tertiary alicyclic amines) is 1. The lowest BCUT2D eigenvalue weighted by Gasteiger charge is -2.18. The Hall–Kier alpha value is -0.345. The monoisotopic (exact) mass is 181 g/mol. The van der Waals surface area contributed by atoms with Crippen LogP contribution in [0.15, 0.2) is 0 Å². The summed E-state index contributed by atoms with van der Waals surface area (Å²) in [5, 5.41) is 3.10. The SMILES string of the molecule is [B][C@@H]1CC(C(C)=O)[NH+](CCNC)C1. The Labute approximate surface area is 81.3 Å². The maximum absolute atomic E-state index is 11.3. The van der Waals surface area contributed by atoms with Gasteiger partial charge >= 0.3 is 0 Å². The van der Waals surface area contributed by atoms with Crippen molar-refractivity contribution in [3.8, 4) is 0 Å². The number of rotatable bonds is 4. The summed E-state index contributed by atoms with van der Waals surface area (Å²) in [4.78, 5) is 12.6. The van der Waals surface area contributed by atoms with Crippen LogP contribution in [-0.2, 0) is 4.79 Å². The molecule has 0 aromatic rings. The Morgan fingerprint density at radius 3 is 2.92 bits per heavy atom. The van der Waals surface area contributed by atoms with Crippen LogP contribution in [0.3, 0.4) is 0 Å². The molecule has 0 aliphatic carbocycles. The number of Topliss-reactive ketones (excluding diaryl/α,β-unsaturated/α-hetero) is 1.